The third-order valence-electron chi connectivity index (χ3n) is 5.75. The Hall–Kier alpha value is -2.87. The van der Waals surface area contributed by atoms with Crippen LogP contribution in [0.5, 0.6) is 0 Å². The van der Waals surface area contributed by atoms with Crippen molar-refractivity contribution in [2.45, 2.75) is 26.4 Å². The predicted octanol–water partition coefficient (Wildman–Crippen LogP) is 5.38. The second kappa shape index (κ2) is 9.73. The van der Waals surface area contributed by atoms with Gasteiger partial charge in [-0.15, -0.1) is 0 Å². The van der Waals surface area contributed by atoms with Crippen molar-refractivity contribution in [3.8, 4) is 11.3 Å². The summed E-state index contributed by atoms with van der Waals surface area (Å²) in [4.78, 5) is 15.9. The molecule has 7 nitrogen and oxygen atoms in total. The Balaban J connectivity index is 1.64. The topological polar surface area (TPSA) is 79.0 Å². The molecule has 1 aromatic heterocycles. The average Bonchev–Trinajstić information content (AvgIpc) is 3.16. The summed E-state index contributed by atoms with van der Waals surface area (Å²) < 4.78 is 11.0. The van der Waals surface area contributed by atoms with Gasteiger partial charge in [0, 0.05) is 30.2 Å². The maximum Gasteiger partial charge on any atom is 0.412 e. The summed E-state index contributed by atoms with van der Waals surface area (Å²) >= 11 is 6.35. The molecule has 1 saturated heterocycles. The molecule has 8 heteroatoms. The fraction of sp³-hybridized carbons (Fsp3) is 0.333. The average molecular weight is 456 g/mol. The molecule has 0 saturated carbocycles. The van der Waals surface area contributed by atoms with Crippen molar-refractivity contribution in [2.24, 2.45) is 0 Å². The summed E-state index contributed by atoms with van der Waals surface area (Å²) in [6, 6.07) is 14.7. The number of amides is 1. The van der Waals surface area contributed by atoms with Crippen LogP contribution in [-0.4, -0.2) is 47.6 Å². The number of morpholine rings is 1. The van der Waals surface area contributed by atoms with Gasteiger partial charge in [-0.25, -0.2) is 4.79 Å². The summed E-state index contributed by atoms with van der Waals surface area (Å²) in [6.07, 6.45) is -1.10. The van der Waals surface area contributed by atoms with Gasteiger partial charge in [-0.05, 0) is 31.0 Å². The third-order valence-corrected chi connectivity index (χ3v) is 6.09. The summed E-state index contributed by atoms with van der Waals surface area (Å²) in [5, 5.41) is 14.7. The van der Waals surface area contributed by atoms with Crippen LogP contribution in [0.15, 0.2) is 53.1 Å². The Morgan fingerprint density at radius 1 is 1.19 bits per heavy atom. The van der Waals surface area contributed by atoms with Crippen LogP contribution in [0.25, 0.3) is 11.3 Å². The van der Waals surface area contributed by atoms with Crippen molar-refractivity contribution < 1.29 is 19.2 Å². The summed E-state index contributed by atoms with van der Waals surface area (Å²) in [5.41, 5.74) is 3.57. The van der Waals surface area contributed by atoms with E-state index in [9.17, 15) is 9.90 Å². The van der Waals surface area contributed by atoms with Crippen molar-refractivity contribution in [1.82, 2.24) is 10.1 Å². The Morgan fingerprint density at radius 2 is 1.88 bits per heavy atom. The molecule has 1 N–H and O–H groups in total. The van der Waals surface area contributed by atoms with Crippen molar-refractivity contribution in [2.75, 3.05) is 31.2 Å². The van der Waals surface area contributed by atoms with E-state index in [-0.39, 0.29) is 0 Å². The van der Waals surface area contributed by atoms with Crippen LogP contribution in [0.1, 0.15) is 29.8 Å². The Labute approximate surface area is 192 Å². The molecule has 32 heavy (non-hydrogen) atoms. The van der Waals surface area contributed by atoms with E-state index in [2.05, 4.69) is 10.1 Å². The fourth-order valence-electron chi connectivity index (χ4n) is 4.02. The standard InChI is InChI=1S/C24H26ClN3O4/c1-16-22(28(24(29)30)17(2)20-5-3-4-6-21(20)25)23(32-26-16)19-9-7-18(8-10-19)15-27-11-13-31-14-12-27/h3-10,17H,11-15H2,1-2H3,(H,29,30). The minimum absolute atomic E-state index is 0.418. The number of aryl methyl sites for hydroxylation is 1. The number of hydrogen-bond donors (Lipinski definition) is 1. The van der Waals surface area contributed by atoms with Crippen molar-refractivity contribution in [3.63, 3.8) is 0 Å². The molecule has 1 unspecified atom stereocenters. The molecular weight excluding hydrogens is 430 g/mol. The molecule has 1 fully saturated rings. The van der Waals surface area contributed by atoms with E-state index in [1.807, 2.05) is 42.5 Å². The minimum atomic E-state index is -1.10. The first kappa shape index (κ1) is 22.3. The molecule has 2 aromatic carbocycles. The maximum atomic E-state index is 12.3. The number of nitrogens with zero attached hydrogens (tertiary/aromatic N) is 3. The molecule has 1 aliphatic rings. The van der Waals surface area contributed by atoms with Crippen LogP contribution in [-0.2, 0) is 11.3 Å². The van der Waals surface area contributed by atoms with Gasteiger partial charge >= 0.3 is 6.09 Å². The highest BCUT2D eigenvalue weighted by molar-refractivity contribution is 6.31. The van der Waals surface area contributed by atoms with Gasteiger partial charge in [0.05, 0.1) is 19.3 Å². The van der Waals surface area contributed by atoms with Gasteiger partial charge in [0.15, 0.2) is 5.76 Å². The second-order valence-corrected chi connectivity index (χ2v) is 8.29. The molecule has 0 aliphatic carbocycles. The lowest BCUT2D eigenvalue weighted by molar-refractivity contribution is 0.0342. The molecule has 4 rings (SSSR count). The van der Waals surface area contributed by atoms with Gasteiger partial charge in [-0.2, -0.15) is 0 Å². The lowest BCUT2D eigenvalue weighted by Gasteiger charge is -2.27. The van der Waals surface area contributed by atoms with Crippen molar-refractivity contribution >= 4 is 23.4 Å². The molecule has 1 atom stereocenters. The zero-order valence-electron chi connectivity index (χ0n) is 18.1. The lowest BCUT2D eigenvalue weighted by Crippen LogP contribution is -2.35. The van der Waals surface area contributed by atoms with E-state index in [0.717, 1.165) is 38.4 Å². The summed E-state index contributed by atoms with van der Waals surface area (Å²) in [7, 11) is 0. The van der Waals surface area contributed by atoms with E-state index in [1.54, 1.807) is 19.9 Å². The molecule has 0 spiro atoms. The molecule has 1 amide bonds. The van der Waals surface area contributed by atoms with Gasteiger partial charge in [-0.3, -0.25) is 9.80 Å². The highest BCUT2D eigenvalue weighted by Gasteiger charge is 2.31. The molecule has 1 aliphatic heterocycles. The number of carbonyl (C=O) groups is 1. The molecule has 168 valence electrons. The Morgan fingerprint density at radius 3 is 2.53 bits per heavy atom. The zero-order chi connectivity index (χ0) is 22.7. The maximum absolute atomic E-state index is 12.3. The van der Waals surface area contributed by atoms with E-state index in [0.29, 0.717) is 27.7 Å². The smallest absolute Gasteiger partial charge is 0.412 e. The first-order valence-electron chi connectivity index (χ1n) is 10.6. The fourth-order valence-corrected chi connectivity index (χ4v) is 4.32. The molecular formula is C24H26ClN3O4. The highest BCUT2D eigenvalue weighted by atomic mass is 35.5. The zero-order valence-corrected chi connectivity index (χ0v) is 18.9. The van der Waals surface area contributed by atoms with Gasteiger partial charge in [0.2, 0.25) is 0 Å². The lowest BCUT2D eigenvalue weighted by atomic mass is 10.0. The van der Waals surface area contributed by atoms with Crippen molar-refractivity contribution in [3.05, 3.63) is 70.4 Å². The van der Waals surface area contributed by atoms with Gasteiger partial charge in [-0.1, -0.05) is 59.2 Å². The van der Waals surface area contributed by atoms with E-state index in [4.69, 9.17) is 20.9 Å². The summed E-state index contributed by atoms with van der Waals surface area (Å²) in [6.45, 7) is 7.74. The number of rotatable bonds is 6. The van der Waals surface area contributed by atoms with Crippen molar-refractivity contribution in [1.29, 1.82) is 0 Å². The SMILES string of the molecule is Cc1noc(-c2ccc(CN3CCOCC3)cc2)c1N(C(=O)O)C(C)c1ccccc1Cl. The third kappa shape index (κ3) is 4.65. The number of anilines is 1. The first-order valence-corrected chi connectivity index (χ1v) is 11.0. The number of halogens is 1. The van der Waals surface area contributed by atoms with Gasteiger partial charge in [0.25, 0.3) is 0 Å². The monoisotopic (exact) mass is 455 g/mol. The van der Waals surface area contributed by atoms with Crippen LogP contribution in [0.2, 0.25) is 5.02 Å². The number of carboxylic acid groups (broad SMARTS) is 1. The highest BCUT2D eigenvalue weighted by Crippen LogP contribution is 2.39. The van der Waals surface area contributed by atoms with Gasteiger partial charge in [0.1, 0.15) is 11.4 Å². The Bertz CT molecular complexity index is 1080. The van der Waals surface area contributed by atoms with Gasteiger partial charge < -0.3 is 14.4 Å². The first-order chi connectivity index (χ1) is 15.5. The number of benzene rings is 2. The number of aromatic nitrogens is 1. The molecule has 0 bridgehead atoms. The van der Waals surface area contributed by atoms with Crippen LogP contribution in [0.4, 0.5) is 10.5 Å². The van der Waals surface area contributed by atoms with E-state index >= 15 is 0 Å². The number of hydrogen-bond acceptors (Lipinski definition) is 5. The predicted molar refractivity (Wildman–Crippen MR) is 123 cm³/mol. The molecule has 0 radical (unpaired) electrons. The van der Waals surface area contributed by atoms with Crippen LogP contribution in [0, 0.1) is 6.92 Å². The van der Waals surface area contributed by atoms with E-state index in [1.165, 1.54) is 10.5 Å². The van der Waals surface area contributed by atoms with E-state index < -0.39 is 12.1 Å². The van der Waals surface area contributed by atoms with Crippen LogP contribution >= 0.6 is 11.6 Å². The molecule has 2 heterocycles. The number of ether oxygens (including phenoxy) is 1. The quantitative estimate of drug-likeness (QED) is 0.537. The largest absolute Gasteiger partial charge is 0.465 e. The second-order valence-electron chi connectivity index (χ2n) is 7.88. The van der Waals surface area contributed by atoms with Crippen LogP contribution in [0.3, 0.4) is 0 Å². The minimum Gasteiger partial charge on any atom is -0.465 e. The summed E-state index contributed by atoms with van der Waals surface area (Å²) in [5.74, 6) is 0.418. The molecule has 3 aromatic rings. The van der Waals surface area contributed by atoms with Crippen LogP contribution < -0.4 is 4.90 Å². The Kier molecular flexibility index (Phi) is 6.79. The normalized spacial score (nSPS) is 15.5.